The Morgan fingerprint density at radius 3 is 2.62 bits per heavy atom. The van der Waals surface area contributed by atoms with Gasteiger partial charge >= 0.3 is 0 Å². The van der Waals surface area contributed by atoms with Crippen LogP contribution in [0.15, 0.2) is 47.4 Å². The molecule has 0 N–H and O–H groups in total. The van der Waals surface area contributed by atoms with Crippen molar-refractivity contribution < 1.29 is 14.5 Å². The number of benzene rings is 2. The van der Waals surface area contributed by atoms with Crippen molar-refractivity contribution in [2.75, 3.05) is 0 Å². The number of carbonyl (C=O) groups is 2. The Hall–Kier alpha value is -2.35. The quantitative estimate of drug-likeness (QED) is 0.397. The minimum atomic E-state index is -0.522. The number of nitrogens with zero attached hydrogens (tertiary/aromatic N) is 2. The summed E-state index contributed by atoms with van der Waals surface area (Å²) in [5.74, 6) is -0.475. The largest absolute Gasteiger partial charge is 0.293 e. The maximum Gasteiger partial charge on any atom is 0.293 e. The van der Waals surface area contributed by atoms with E-state index in [1.54, 1.807) is 18.2 Å². The molecule has 9 heteroatoms. The molecule has 2 amide bonds. The van der Waals surface area contributed by atoms with E-state index in [0.717, 1.165) is 16.7 Å². The molecular formula is C17H10Cl2N2O4S. The summed E-state index contributed by atoms with van der Waals surface area (Å²) in [4.78, 5) is 36.3. The fraction of sp³-hybridized carbons (Fsp3) is 0.0588. The van der Waals surface area contributed by atoms with Gasteiger partial charge in [0.1, 0.15) is 0 Å². The smallest absolute Gasteiger partial charge is 0.268 e. The molecule has 132 valence electrons. The highest BCUT2D eigenvalue weighted by atomic mass is 35.5. The van der Waals surface area contributed by atoms with E-state index in [2.05, 4.69) is 0 Å². The zero-order chi connectivity index (χ0) is 18.8. The molecule has 0 spiro atoms. The summed E-state index contributed by atoms with van der Waals surface area (Å²) in [6.45, 7) is 0.0208. The second-order valence-corrected chi connectivity index (χ2v) is 7.19. The zero-order valence-corrected chi connectivity index (χ0v) is 15.3. The second kappa shape index (κ2) is 7.49. The van der Waals surface area contributed by atoms with Gasteiger partial charge < -0.3 is 0 Å². The number of halogens is 2. The highest BCUT2D eigenvalue weighted by molar-refractivity contribution is 8.18. The van der Waals surface area contributed by atoms with Gasteiger partial charge in [-0.2, -0.15) is 0 Å². The van der Waals surface area contributed by atoms with Crippen LogP contribution >= 0.6 is 35.0 Å². The van der Waals surface area contributed by atoms with Gasteiger partial charge in [-0.15, -0.1) is 0 Å². The predicted octanol–water partition coefficient (Wildman–Crippen LogP) is 5.14. The van der Waals surface area contributed by atoms with Gasteiger partial charge in [-0.3, -0.25) is 24.6 Å². The average molecular weight is 409 g/mol. The number of amides is 2. The summed E-state index contributed by atoms with van der Waals surface area (Å²) in [7, 11) is 0. The Labute approximate surface area is 162 Å². The molecule has 1 fully saturated rings. The van der Waals surface area contributed by atoms with E-state index in [9.17, 15) is 19.7 Å². The van der Waals surface area contributed by atoms with Crippen LogP contribution in [0.2, 0.25) is 10.0 Å². The molecular weight excluding hydrogens is 399 g/mol. The molecule has 0 atom stereocenters. The fourth-order valence-electron chi connectivity index (χ4n) is 2.34. The SMILES string of the molecule is O=C1S/C(=C/c2cccc([N+](=O)[O-])c2)C(=O)N1Cc1ccc(Cl)cc1Cl. The molecule has 0 unspecified atom stereocenters. The first kappa shape index (κ1) is 18.4. The molecule has 0 saturated carbocycles. The van der Waals surface area contributed by atoms with Gasteiger partial charge in [0.2, 0.25) is 0 Å². The van der Waals surface area contributed by atoms with Crippen LogP contribution in [0.3, 0.4) is 0 Å². The normalized spacial score (nSPS) is 15.8. The van der Waals surface area contributed by atoms with Crippen molar-refractivity contribution in [2.45, 2.75) is 6.54 Å². The summed E-state index contributed by atoms with van der Waals surface area (Å²) in [6.07, 6.45) is 1.46. The standard InChI is InChI=1S/C17H10Cl2N2O4S/c18-12-5-4-11(14(19)8-12)9-20-16(22)15(26-17(20)23)7-10-2-1-3-13(6-10)21(24)25/h1-8H,9H2/b15-7+. The minimum absolute atomic E-state index is 0.0208. The maximum absolute atomic E-state index is 12.5. The molecule has 1 heterocycles. The lowest BCUT2D eigenvalue weighted by atomic mass is 10.2. The number of carbonyl (C=O) groups excluding carboxylic acids is 2. The number of hydrogen-bond acceptors (Lipinski definition) is 5. The summed E-state index contributed by atoms with van der Waals surface area (Å²) in [5.41, 5.74) is 0.968. The van der Waals surface area contributed by atoms with Crippen LogP contribution in [0.25, 0.3) is 6.08 Å². The van der Waals surface area contributed by atoms with Crippen molar-refractivity contribution in [3.63, 3.8) is 0 Å². The van der Waals surface area contributed by atoms with Gasteiger partial charge in [0, 0.05) is 22.2 Å². The van der Waals surface area contributed by atoms with E-state index in [1.165, 1.54) is 30.3 Å². The van der Waals surface area contributed by atoms with E-state index in [1.807, 2.05) is 0 Å². The van der Waals surface area contributed by atoms with Crippen LogP contribution in [-0.4, -0.2) is 21.0 Å². The highest BCUT2D eigenvalue weighted by Gasteiger charge is 2.35. The van der Waals surface area contributed by atoms with Gasteiger partial charge in [-0.1, -0.05) is 41.4 Å². The Kier molecular flexibility index (Phi) is 5.31. The van der Waals surface area contributed by atoms with Crippen molar-refractivity contribution in [3.8, 4) is 0 Å². The number of hydrogen-bond donors (Lipinski definition) is 0. The molecule has 6 nitrogen and oxygen atoms in total. The lowest BCUT2D eigenvalue weighted by Crippen LogP contribution is -2.27. The molecule has 0 radical (unpaired) electrons. The van der Waals surface area contributed by atoms with Crippen LogP contribution in [0.5, 0.6) is 0 Å². The third kappa shape index (κ3) is 3.90. The third-order valence-electron chi connectivity index (χ3n) is 3.60. The van der Waals surface area contributed by atoms with Crippen molar-refractivity contribution in [1.82, 2.24) is 4.90 Å². The zero-order valence-electron chi connectivity index (χ0n) is 13.0. The van der Waals surface area contributed by atoms with Crippen LogP contribution in [0.4, 0.5) is 10.5 Å². The fourth-order valence-corrected chi connectivity index (χ4v) is 3.64. The topological polar surface area (TPSA) is 80.5 Å². The summed E-state index contributed by atoms with van der Waals surface area (Å²) >= 11 is 12.7. The molecule has 0 aromatic heterocycles. The number of imide groups is 1. The van der Waals surface area contributed by atoms with E-state index >= 15 is 0 Å². The van der Waals surface area contributed by atoms with Gasteiger partial charge in [-0.05, 0) is 41.1 Å². The molecule has 2 aromatic carbocycles. The molecule has 1 aliphatic rings. The number of rotatable bonds is 4. The van der Waals surface area contributed by atoms with Crippen LogP contribution in [0, 0.1) is 10.1 Å². The van der Waals surface area contributed by atoms with E-state index < -0.39 is 16.1 Å². The molecule has 1 saturated heterocycles. The molecule has 0 bridgehead atoms. The van der Waals surface area contributed by atoms with Crippen molar-refractivity contribution >= 4 is 57.9 Å². The molecule has 3 rings (SSSR count). The van der Waals surface area contributed by atoms with Crippen LogP contribution < -0.4 is 0 Å². The van der Waals surface area contributed by atoms with Crippen molar-refractivity contribution in [3.05, 3.63) is 78.7 Å². The first-order chi connectivity index (χ1) is 12.3. The maximum atomic E-state index is 12.5. The highest BCUT2D eigenvalue weighted by Crippen LogP contribution is 2.34. The monoisotopic (exact) mass is 408 g/mol. The Morgan fingerprint density at radius 1 is 1.15 bits per heavy atom. The van der Waals surface area contributed by atoms with Gasteiger partial charge in [0.25, 0.3) is 16.8 Å². The van der Waals surface area contributed by atoms with Gasteiger partial charge in [0.05, 0.1) is 16.4 Å². The lowest BCUT2D eigenvalue weighted by molar-refractivity contribution is -0.384. The first-order valence-corrected chi connectivity index (χ1v) is 8.86. The second-order valence-electron chi connectivity index (χ2n) is 5.36. The van der Waals surface area contributed by atoms with Crippen LogP contribution in [-0.2, 0) is 11.3 Å². The Morgan fingerprint density at radius 2 is 1.92 bits per heavy atom. The van der Waals surface area contributed by atoms with Gasteiger partial charge in [-0.25, -0.2) is 0 Å². The molecule has 0 aliphatic carbocycles. The molecule has 1 aliphatic heterocycles. The van der Waals surface area contributed by atoms with Crippen molar-refractivity contribution in [1.29, 1.82) is 0 Å². The van der Waals surface area contributed by atoms with E-state index in [0.29, 0.717) is 21.2 Å². The average Bonchev–Trinajstić information content (AvgIpc) is 2.84. The minimum Gasteiger partial charge on any atom is -0.268 e. The molecule has 2 aromatic rings. The lowest BCUT2D eigenvalue weighted by Gasteiger charge is -2.13. The Balaban J connectivity index is 1.84. The van der Waals surface area contributed by atoms with E-state index in [-0.39, 0.29) is 17.1 Å². The van der Waals surface area contributed by atoms with Crippen LogP contribution in [0.1, 0.15) is 11.1 Å². The summed E-state index contributed by atoms with van der Waals surface area (Å²) in [5, 5.41) is 11.2. The van der Waals surface area contributed by atoms with Crippen molar-refractivity contribution in [2.24, 2.45) is 0 Å². The summed E-state index contributed by atoms with van der Waals surface area (Å²) in [6, 6.07) is 10.6. The van der Waals surface area contributed by atoms with Gasteiger partial charge in [0.15, 0.2) is 0 Å². The summed E-state index contributed by atoms with van der Waals surface area (Å²) < 4.78 is 0. The third-order valence-corrected chi connectivity index (χ3v) is 5.09. The predicted molar refractivity (Wildman–Crippen MR) is 101 cm³/mol. The number of thioether (sulfide) groups is 1. The Bertz CT molecular complexity index is 962. The number of nitro groups is 1. The first-order valence-electron chi connectivity index (χ1n) is 7.29. The van der Waals surface area contributed by atoms with E-state index in [4.69, 9.17) is 23.2 Å². The number of nitro benzene ring substituents is 1. The molecule has 26 heavy (non-hydrogen) atoms. The number of non-ortho nitro benzene ring substituents is 1.